The molecule has 0 heterocycles. The Bertz CT molecular complexity index is 406. The molecular formula is C9H7ClF3NO2. The molecular weight excluding hydrogens is 247 g/mol. The number of alkyl halides is 4. The van der Waals surface area contributed by atoms with Gasteiger partial charge in [0.05, 0.1) is 5.88 Å². The molecule has 1 rings (SSSR count). The summed E-state index contributed by atoms with van der Waals surface area (Å²) in [6.45, 7) is 0. The van der Waals surface area contributed by atoms with Crippen LogP contribution in [0.4, 0.5) is 18.9 Å². The maximum Gasteiger partial charge on any atom is 0.573 e. The first kappa shape index (κ1) is 12.6. The number of nitrogens with two attached hydrogens (primary N) is 1. The van der Waals surface area contributed by atoms with Gasteiger partial charge in [-0.3, -0.25) is 4.79 Å². The molecule has 7 heteroatoms. The molecule has 16 heavy (non-hydrogen) atoms. The van der Waals surface area contributed by atoms with Crippen LogP contribution in [-0.2, 0) is 0 Å². The van der Waals surface area contributed by atoms with E-state index in [0.29, 0.717) is 0 Å². The Hall–Kier alpha value is -1.43. The number of halogens is 4. The quantitative estimate of drug-likeness (QED) is 0.512. The van der Waals surface area contributed by atoms with Gasteiger partial charge in [-0.1, -0.05) is 0 Å². The Morgan fingerprint density at radius 3 is 2.56 bits per heavy atom. The molecule has 0 unspecified atom stereocenters. The summed E-state index contributed by atoms with van der Waals surface area (Å²) in [4.78, 5) is 11.2. The van der Waals surface area contributed by atoms with Gasteiger partial charge in [0.15, 0.2) is 5.78 Å². The molecule has 0 aliphatic rings. The Morgan fingerprint density at radius 1 is 1.44 bits per heavy atom. The second-order valence-electron chi connectivity index (χ2n) is 2.85. The molecule has 0 radical (unpaired) electrons. The SMILES string of the molecule is Nc1ccc(OC(F)(F)F)cc1C(=O)CCl. The fraction of sp³-hybridized carbons (Fsp3) is 0.222. The predicted molar refractivity (Wildman–Crippen MR) is 52.6 cm³/mol. The lowest BCUT2D eigenvalue weighted by molar-refractivity contribution is -0.274. The zero-order chi connectivity index (χ0) is 12.3. The van der Waals surface area contributed by atoms with Crippen molar-refractivity contribution in [1.82, 2.24) is 0 Å². The van der Waals surface area contributed by atoms with Gasteiger partial charge in [-0.25, -0.2) is 0 Å². The number of carbonyl (C=O) groups excluding carboxylic acids is 1. The number of ketones is 1. The van der Waals surface area contributed by atoms with Crippen molar-refractivity contribution in [1.29, 1.82) is 0 Å². The zero-order valence-corrected chi connectivity index (χ0v) is 8.60. The molecule has 0 amide bonds. The van der Waals surface area contributed by atoms with E-state index < -0.39 is 17.9 Å². The summed E-state index contributed by atoms with van der Waals surface area (Å²) in [6, 6.07) is 3.09. The third kappa shape index (κ3) is 3.30. The van der Waals surface area contributed by atoms with Crippen LogP contribution < -0.4 is 10.5 Å². The number of hydrogen-bond donors (Lipinski definition) is 1. The maximum atomic E-state index is 11.9. The smallest absolute Gasteiger partial charge is 0.406 e. The van der Waals surface area contributed by atoms with Gasteiger partial charge in [0.25, 0.3) is 0 Å². The van der Waals surface area contributed by atoms with Crippen molar-refractivity contribution in [2.24, 2.45) is 0 Å². The number of benzene rings is 1. The van der Waals surface area contributed by atoms with Crippen LogP contribution in [0.25, 0.3) is 0 Å². The van der Waals surface area contributed by atoms with Crippen LogP contribution in [0.5, 0.6) is 5.75 Å². The average Bonchev–Trinajstić information content (AvgIpc) is 2.18. The van der Waals surface area contributed by atoms with E-state index >= 15 is 0 Å². The van der Waals surface area contributed by atoms with E-state index in [2.05, 4.69) is 4.74 Å². The highest BCUT2D eigenvalue weighted by Crippen LogP contribution is 2.26. The van der Waals surface area contributed by atoms with Gasteiger partial charge < -0.3 is 10.5 Å². The van der Waals surface area contributed by atoms with E-state index in [1.165, 1.54) is 0 Å². The van der Waals surface area contributed by atoms with Gasteiger partial charge in [0, 0.05) is 11.3 Å². The van der Waals surface area contributed by atoms with Crippen LogP contribution in [0.1, 0.15) is 10.4 Å². The first-order valence-electron chi connectivity index (χ1n) is 4.08. The second kappa shape index (κ2) is 4.61. The summed E-state index contributed by atoms with van der Waals surface area (Å²) < 4.78 is 39.3. The first-order chi connectivity index (χ1) is 7.33. The van der Waals surface area contributed by atoms with Gasteiger partial charge >= 0.3 is 6.36 Å². The van der Waals surface area contributed by atoms with E-state index in [1.54, 1.807) is 0 Å². The minimum atomic E-state index is -4.81. The maximum absolute atomic E-state index is 11.9. The van der Waals surface area contributed by atoms with E-state index in [-0.39, 0.29) is 17.1 Å². The Labute approximate surface area is 93.9 Å². The van der Waals surface area contributed by atoms with Crippen LogP contribution in [-0.4, -0.2) is 18.0 Å². The predicted octanol–water partition coefficient (Wildman–Crippen LogP) is 2.59. The first-order valence-corrected chi connectivity index (χ1v) is 4.61. The number of rotatable bonds is 3. The van der Waals surface area contributed by atoms with Crippen LogP contribution in [0.3, 0.4) is 0 Å². The van der Waals surface area contributed by atoms with Crippen molar-refractivity contribution in [3.05, 3.63) is 23.8 Å². The fourth-order valence-corrected chi connectivity index (χ4v) is 1.19. The minimum Gasteiger partial charge on any atom is -0.406 e. The van der Waals surface area contributed by atoms with Gasteiger partial charge in [0.2, 0.25) is 0 Å². The molecule has 0 fully saturated rings. The number of hydrogen-bond acceptors (Lipinski definition) is 3. The molecule has 0 saturated carbocycles. The summed E-state index contributed by atoms with van der Waals surface area (Å²) in [5.41, 5.74) is 5.38. The van der Waals surface area contributed by atoms with Crippen LogP contribution in [0, 0.1) is 0 Å². The highest BCUT2D eigenvalue weighted by Gasteiger charge is 2.31. The normalized spacial score (nSPS) is 11.2. The molecule has 0 atom stereocenters. The summed E-state index contributed by atoms with van der Waals surface area (Å²) in [6.07, 6.45) is -4.81. The third-order valence-corrected chi connectivity index (χ3v) is 1.92. The van der Waals surface area contributed by atoms with Gasteiger partial charge in [0.1, 0.15) is 5.75 Å². The van der Waals surface area contributed by atoms with Gasteiger partial charge in [-0.05, 0) is 18.2 Å². The molecule has 88 valence electrons. The topological polar surface area (TPSA) is 52.3 Å². The largest absolute Gasteiger partial charge is 0.573 e. The standard InChI is InChI=1S/C9H7ClF3NO2/c10-4-8(15)6-3-5(1-2-7(6)14)16-9(11,12)13/h1-3H,4,14H2. The minimum absolute atomic E-state index is 0.0557. The molecule has 3 nitrogen and oxygen atoms in total. The summed E-state index contributed by atoms with van der Waals surface area (Å²) in [5.74, 6) is -1.43. The Morgan fingerprint density at radius 2 is 2.06 bits per heavy atom. The lowest BCUT2D eigenvalue weighted by atomic mass is 10.1. The highest BCUT2D eigenvalue weighted by atomic mass is 35.5. The van der Waals surface area contributed by atoms with Gasteiger partial charge in [-0.15, -0.1) is 24.8 Å². The molecule has 0 aromatic heterocycles. The summed E-state index contributed by atoms with van der Waals surface area (Å²) >= 11 is 5.28. The van der Waals surface area contributed by atoms with E-state index in [0.717, 1.165) is 18.2 Å². The summed E-state index contributed by atoms with van der Waals surface area (Å²) in [5, 5.41) is 0. The average molecular weight is 254 g/mol. The molecule has 0 aliphatic heterocycles. The number of carbonyl (C=O) groups is 1. The van der Waals surface area contributed by atoms with Crippen molar-refractivity contribution in [2.45, 2.75) is 6.36 Å². The molecule has 1 aromatic rings. The van der Waals surface area contributed by atoms with E-state index in [1.807, 2.05) is 0 Å². The second-order valence-corrected chi connectivity index (χ2v) is 3.12. The van der Waals surface area contributed by atoms with Crippen molar-refractivity contribution in [3.8, 4) is 5.75 Å². The van der Waals surface area contributed by atoms with Crippen LogP contribution in [0.15, 0.2) is 18.2 Å². The number of nitrogen functional groups attached to an aromatic ring is 1. The van der Waals surface area contributed by atoms with Crippen LogP contribution in [0.2, 0.25) is 0 Å². The number of Topliss-reactive ketones (excluding diaryl/α,β-unsaturated/α-hetero) is 1. The van der Waals surface area contributed by atoms with Gasteiger partial charge in [-0.2, -0.15) is 0 Å². The van der Waals surface area contributed by atoms with Crippen molar-refractivity contribution >= 4 is 23.1 Å². The van der Waals surface area contributed by atoms with Crippen molar-refractivity contribution in [2.75, 3.05) is 11.6 Å². The molecule has 1 aromatic carbocycles. The van der Waals surface area contributed by atoms with Crippen molar-refractivity contribution < 1.29 is 22.7 Å². The monoisotopic (exact) mass is 253 g/mol. The molecule has 0 saturated heterocycles. The summed E-state index contributed by atoms with van der Waals surface area (Å²) in [7, 11) is 0. The number of anilines is 1. The van der Waals surface area contributed by atoms with Crippen LogP contribution >= 0.6 is 11.6 Å². The molecule has 0 bridgehead atoms. The molecule has 0 aliphatic carbocycles. The number of ether oxygens (including phenoxy) is 1. The van der Waals surface area contributed by atoms with E-state index in [4.69, 9.17) is 17.3 Å². The lowest BCUT2D eigenvalue weighted by Gasteiger charge is -2.10. The Balaban J connectivity index is 3.03. The Kier molecular flexibility index (Phi) is 3.64. The van der Waals surface area contributed by atoms with E-state index in [9.17, 15) is 18.0 Å². The lowest BCUT2D eigenvalue weighted by Crippen LogP contribution is -2.17. The molecule has 0 spiro atoms. The van der Waals surface area contributed by atoms with Crippen molar-refractivity contribution in [3.63, 3.8) is 0 Å². The fourth-order valence-electron chi connectivity index (χ4n) is 1.05. The highest BCUT2D eigenvalue weighted by molar-refractivity contribution is 6.31. The third-order valence-electron chi connectivity index (χ3n) is 1.68. The zero-order valence-electron chi connectivity index (χ0n) is 7.84. The molecule has 2 N–H and O–H groups in total.